The van der Waals surface area contributed by atoms with Crippen molar-refractivity contribution in [3.05, 3.63) is 0 Å². The monoisotopic (exact) mass is 291 g/mol. The van der Waals surface area contributed by atoms with E-state index >= 15 is 0 Å². The predicted octanol–water partition coefficient (Wildman–Crippen LogP) is 2.16. The lowest BCUT2D eigenvalue weighted by Gasteiger charge is -2.48. The second kappa shape index (κ2) is 6.61. The highest BCUT2D eigenvalue weighted by atomic mass is 32.2. The van der Waals surface area contributed by atoms with Gasteiger partial charge >= 0.3 is 11.9 Å². The van der Waals surface area contributed by atoms with Gasteiger partial charge in [-0.25, -0.2) is 0 Å². The highest BCUT2D eigenvalue weighted by Crippen LogP contribution is 2.29. The minimum atomic E-state index is -0.924. The quantitative estimate of drug-likeness (QED) is 0.781. The van der Waals surface area contributed by atoms with Crippen LogP contribution in [0.4, 0.5) is 0 Å². The van der Waals surface area contributed by atoms with Crippen LogP contribution >= 0.6 is 11.8 Å². The van der Waals surface area contributed by atoms with E-state index in [4.69, 9.17) is 5.11 Å². The molecule has 0 aliphatic heterocycles. The summed E-state index contributed by atoms with van der Waals surface area (Å²) >= 11 is 1.14. The average Bonchev–Trinajstić information content (AvgIpc) is 2.10. The van der Waals surface area contributed by atoms with Crippen LogP contribution in [0.25, 0.3) is 0 Å². The molecule has 0 rings (SSSR count). The summed E-state index contributed by atoms with van der Waals surface area (Å²) in [6.07, 6.45) is 0. The molecule has 0 aromatic carbocycles. The molecule has 0 saturated carbocycles. The van der Waals surface area contributed by atoms with Crippen molar-refractivity contribution in [3.8, 4) is 0 Å². The molecule has 112 valence electrons. The molecule has 0 aromatic rings. The molecule has 0 aliphatic carbocycles. The van der Waals surface area contributed by atoms with Crippen LogP contribution in [0.15, 0.2) is 0 Å². The van der Waals surface area contributed by atoms with Gasteiger partial charge in [0.1, 0.15) is 6.04 Å². The zero-order chi connectivity index (χ0) is 15.4. The van der Waals surface area contributed by atoms with Crippen LogP contribution in [-0.2, 0) is 9.59 Å². The third kappa shape index (κ3) is 6.29. The van der Waals surface area contributed by atoms with E-state index in [2.05, 4.69) is 0 Å². The molecule has 0 fully saturated rings. The Hall–Kier alpha value is -0.750. The maximum atomic E-state index is 11.5. The summed E-state index contributed by atoms with van der Waals surface area (Å²) in [5, 5.41) is 18.1. The fourth-order valence-electron chi connectivity index (χ4n) is 2.46. The molecule has 6 heteroatoms. The fraction of sp³-hybridized carbons (Fsp3) is 0.846. The SMILES string of the molecule is CC(C)(C)N(C(CSCC(=O)O)C(=O)O)C(C)(C)C. The van der Waals surface area contributed by atoms with Gasteiger partial charge in [-0.2, -0.15) is 0 Å². The first-order valence-electron chi connectivity index (χ1n) is 6.19. The molecule has 0 spiro atoms. The maximum absolute atomic E-state index is 11.5. The van der Waals surface area contributed by atoms with E-state index in [-0.39, 0.29) is 22.6 Å². The zero-order valence-electron chi connectivity index (χ0n) is 12.6. The van der Waals surface area contributed by atoms with Crippen LogP contribution in [0.1, 0.15) is 41.5 Å². The largest absolute Gasteiger partial charge is 0.481 e. The van der Waals surface area contributed by atoms with Gasteiger partial charge in [0.25, 0.3) is 0 Å². The molecule has 1 unspecified atom stereocenters. The number of carboxylic acids is 2. The van der Waals surface area contributed by atoms with E-state index < -0.39 is 18.0 Å². The Kier molecular flexibility index (Phi) is 6.35. The molecule has 19 heavy (non-hydrogen) atoms. The fourth-order valence-corrected chi connectivity index (χ4v) is 3.26. The highest BCUT2D eigenvalue weighted by Gasteiger charge is 2.40. The minimum Gasteiger partial charge on any atom is -0.481 e. The molecular weight excluding hydrogens is 266 g/mol. The summed E-state index contributed by atoms with van der Waals surface area (Å²) in [5.41, 5.74) is -0.629. The van der Waals surface area contributed by atoms with E-state index in [1.807, 2.05) is 46.4 Å². The number of nitrogens with zero attached hydrogens (tertiary/aromatic N) is 1. The number of rotatable bonds is 6. The maximum Gasteiger partial charge on any atom is 0.321 e. The Balaban J connectivity index is 5.09. The summed E-state index contributed by atoms with van der Waals surface area (Å²) in [6.45, 7) is 11.8. The van der Waals surface area contributed by atoms with E-state index in [0.717, 1.165) is 11.8 Å². The molecule has 1 atom stereocenters. The molecule has 0 saturated heterocycles. The zero-order valence-corrected chi connectivity index (χ0v) is 13.4. The molecule has 2 N–H and O–H groups in total. The number of hydrogen-bond acceptors (Lipinski definition) is 4. The number of carbonyl (C=O) groups is 2. The Morgan fingerprint density at radius 1 is 1.05 bits per heavy atom. The molecule has 0 bridgehead atoms. The molecule has 0 heterocycles. The molecule has 0 amide bonds. The van der Waals surface area contributed by atoms with Gasteiger partial charge in [-0.05, 0) is 41.5 Å². The third-order valence-electron chi connectivity index (χ3n) is 2.54. The molecule has 0 aromatic heterocycles. The molecular formula is C13H25NO4S. The summed E-state index contributed by atoms with van der Waals surface area (Å²) in [5.74, 6) is -1.66. The topological polar surface area (TPSA) is 77.8 Å². The lowest BCUT2D eigenvalue weighted by Crippen LogP contribution is -2.60. The van der Waals surface area contributed by atoms with Crippen LogP contribution < -0.4 is 0 Å². The molecule has 5 nitrogen and oxygen atoms in total. The number of carboxylic acid groups (broad SMARTS) is 2. The van der Waals surface area contributed by atoms with Crippen molar-refractivity contribution in [1.82, 2.24) is 4.90 Å². The van der Waals surface area contributed by atoms with Crippen LogP contribution in [0, 0.1) is 0 Å². The van der Waals surface area contributed by atoms with E-state index in [0.29, 0.717) is 0 Å². The van der Waals surface area contributed by atoms with Gasteiger partial charge < -0.3 is 10.2 Å². The average molecular weight is 291 g/mol. The van der Waals surface area contributed by atoms with Crippen LogP contribution in [0.5, 0.6) is 0 Å². The lowest BCUT2D eigenvalue weighted by atomic mass is 9.93. The molecule has 0 radical (unpaired) electrons. The third-order valence-corrected chi connectivity index (χ3v) is 3.55. The van der Waals surface area contributed by atoms with Crippen molar-refractivity contribution < 1.29 is 19.8 Å². The second-order valence-electron chi connectivity index (χ2n) is 6.47. The summed E-state index contributed by atoms with van der Waals surface area (Å²) in [6, 6.07) is -0.704. The smallest absolute Gasteiger partial charge is 0.321 e. The Bertz CT molecular complexity index is 317. The van der Waals surface area contributed by atoms with E-state index in [1.165, 1.54) is 0 Å². The van der Waals surface area contributed by atoms with Crippen molar-refractivity contribution in [3.63, 3.8) is 0 Å². The van der Waals surface area contributed by atoms with Crippen LogP contribution in [0.3, 0.4) is 0 Å². The summed E-state index contributed by atoms with van der Waals surface area (Å²) in [7, 11) is 0. The molecule has 0 aliphatic rings. The summed E-state index contributed by atoms with van der Waals surface area (Å²) < 4.78 is 0. The first-order valence-corrected chi connectivity index (χ1v) is 7.34. The van der Waals surface area contributed by atoms with E-state index in [1.54, 1.807) is 0 Å². The highest BCUT2D eigenvalue weighted by molar-refractivity contribution is 8.00. The van der Waals surface area contributed by atoms with Crippen molar-refractivity contribution >= 4 is 23.7 Å². The van der Waals surface area contributed by atoms with E-state index in [9.17, 15) is 14.7 Å². The normalized spacial score (nSPS) is 14.5. The lowest BCUT2D eigenvalue weighted by molar-refractivity contribution is -0.148. The predicted molar refractivity (Wildman–Crippen MR) is 77.7 cm³/mol. The van der Waals surface area contributed by atoms with Gasteiger partial charge in [0.2, 0.25) is 0 Å². The van der Waals surface area contributed by atoms with Crippen molar-refractivity contribution in [2.75, 3.05) is 11.5 Å². The van der Waals surface area contributed by atoms with Gasteiger partial charge in [0.05, 0.1) is 5.75 Å². The number of thioether (sulfide) groups is 1. The van der Waals surface area contributed by atoms with Crippen LogP contribution in [0.2, 0.25) is 0 Å². The van der Waals surface area contributed by atoms with Crippen LogP contribution in [-0.4, -0.2) is 55.7 Å². The van der Waals surface area contributed by atoms with Gasteiger partial charge in [0, 0.05) is 16.8 Å². The number of hydrogen-bond donors (Lipinski definition) is 2. The van der Waals surface area contributed by atoms with Gasteiger partial charge in [-0.1, -0.05) is 0 Å². The van der Waals surface area contributed by atoms with Gasteiger partial charge in [-0.15, -0.1) is 11.8 Å². The van der Waals surface area contributed by atoms with Crippen molar-refractivity contribution in [1.29, 1.82) is 0 Å². The second-order valence-corrected chi connectivity index (χ2v) is 7.50. The van der Waals surface area contributed by atoms with Crippen molar-refractivity contribution in [2.45, 2.75) is 58.7 Å². The van der Waals surface area contributed by atoms with Gasteiger partial charge in [-0.3, -0.25) is 14.5 Å². The van der Waals surface area contributed by atoms with Gasteiger partial charge in [0.15, 0.2) is 0 Å². The Morgan fingerprint density at radius 2 is 1.47 bits per heavy atom. The first-order chi connectivity index (χ1) is 8.37. The van der Waals surface area contributed by atoms with Crippen molar-refractivity contribution in [2.24, 2.45) is 0 Å². The Morgan fingerprint density at radius 3 is 1.74 bits per heavy atom. The standard InChI is InChI=1S/C13H25NO4S/c1-12(2,3)14(13(4,5)6)9(11(17)18)7-19-8-10(15)16/h9H,7-8H2,1-6H3,(H,15,16)(H,17,18). The Labute approximate surface area is 119 Å². The number of aliphatic carboxylic acids is 2. The summed E-state index contributed by atoms with van der Waals surface area (Å²) in [4.78, 5) is 24.0. The first kappa shape index (κ1) is 18.2. The minimum absolute atomic E-state index is 0.0775.